The van der Waals surface area contributed by atoms with Crippen molar-refractivity contribution in [3.05, 3.63) is 94.7 Å². The molecule has 0 aliphatic heterocycles. The minimum atomic E-state index is -0.606. The molecule has 2 heterocycles. The zero-order chi connectivity index (χ0) is 25.2. The Labute approximate surface area is 213 Å². The lowest BCUT2D eigenvalue weighted by Crippen LogP contribution is -2.37. The molecule has 0 radical (unpaired) electrons. The molecule has 9 heteroatoms. The molecule has 5 rings (SSSR count). The molecule has 2 aromatic heterocycles. The Kier molecular flexibility index (Phi) is 6.52. The number of ketones is 1. The van der Waals surface area contributed by atoms with Gasteiger partial charge in [-0.05, 0) is 67.8 Å². The van der Waals surface area contributed by atoms with Crippen molar-refractivity contribution in [1.29, 1.82) is 0 Å². The minimum absolute atomic E-state index is 0.0429. The van der Waals surface area contributed by atoms with Gasteiger partial charge >= 0.3 is 0 Å². The van der Waals surface area contributed by atoms with Gasteiger partial charge in [0.2, 0.25) is 11.6 Å². The van der Waals surface area contributed by atoms with E-state index in [4.69, 9.17) is 11.6 Å². The molecule has 1 fully saturated rings. The second-order valence-corrected chi connectivity index (χ2v) is 9.47. The summed E-state index contributed by atoms with van der Waals surface area (Å²) in [5, 5.41) is 24.6. The number of halogens is 1. The van der Waals surface area contributed by atoms with Crippen molar-refractivity contribution in [2.75, 3.05) is 5.32 Å². The Bertz CT molecular complexity index is 1420. The summed E-state index contributed by atoms with van der Waals surface area (Å²) in [4.78, 5) is 24.8. The van der Waals surface area contributed by atoms with Gasteiger partial charge in [-0.3, -0.25) is 9.59 Å². The molecular weight excluding hydrogens is 478 g/mol. The molecule has 1 unspecified atom stereocenters. The van der Waals surface area contributed by atoms with E-state index >= 15 is 0 Å². The lowest BCUT2D eigenvalue weighted by atomic mass is 9.95. The molecule has 1 N–H and O–H groups in total. The van der Waals surface area contributed by atoms with Crippen molar-refractivity contribution in [3.8, 4) is 16.8 Å². The van der Waals surface area contributed by atoms with Crippen LogP contribution in [0.1, 0.15) is 48.2 Å². The van der Waals surface area contributed by atoms with Gasteiger partial charge in [0, 0.05) is 33.5 Å². The topological polar surface area (TPSA) is 104 Å². The smallest absolute Gasteiger partial charge is 0.238 e. The van der Waals surface area contributed by atoms with E-state index in [1.54, 1.807) is 59.5 Å². The molecular formula is C27H24ClN5O3. The molecule has 0 spiro atoms. The first-order valence-corrected chi connectivity index (χ1v) is 12.1. The third-order valence-electron chi connectivity index (χ3n) is 6.38. The number of carbonyl (C=O) groups excluding carboxylic acids is 2. The van der Waals surface area contributed by atoms with E-state index in [2.05, 4.69) is 15.6 Å². The number of hydrogen-bond acceptors (Lipinski definition) is 5. The first kappa shape index (κ1) is 23.7. The molecule has 1 aliphatic rings. The third-order valence-corrected chi connectivity index (χ3v) is 6.62. The zero-order valence-electron chi connectivity index (χ0n) is 19.6. The van der Waals surface area contributed by atoms with Crippen LogP contribution in [0.4, 0.5) is 5.69 Å². The van der Waals surface area contributed by atoms with Gasteiger partial charge in [0.05, 0.1) is 18.1 Å². The highest BCUT2D eigenvalue weighted by molar-refractivity contribution is 6.31. The summed E-state index contributed by atoms with van der Waals surface area (Å²) in [6, 6.07) is 15.6. The van der Waals surface area contributed by atoms with Gasteiger partial charge in [-0.15, -0.1) is 5.10 Å². The first-order chi connectivity index (χ1) is 17.4. The van der Waals surface area contributed by atoms with Gasteiger partial charge < -0.3 is 10.5 Å². The zero-order valence-corrected chi connectivity index (χ0v) is 20.4. The first-order valence-electron chi connectivity index (χ1n) is 11.7. The fraction of sp³-hybridized carbons (Fsp3) is 0.222. The van der Waals surface area contributed by atoms with E-state index in [1.807, 2.05) is 12.1 Å². The third kappa shape index (κ3) is 5.13. The Morgan fingerprint density at radius 1 is 1.17 bits per heavy atom. The number of amides is 1. The van der Waals surface area contributed by atoms with E-state index in [-0.39, 0.29) is 11.7 Å². The molecule has 0 bridgehead atoms. The van der Waals surface area contributed by atoms with E-state index < -0.39 is 5.92 Å². The SMILES string of the molecule is CC(=O)c1ccc(NC(=O)C(CC2CC2)c2ccc(-c3cc(Cl)ccc3-n3ccnn3)c[n+]2[O-])cc1. The van der Waals surface area contributed by atoms with Crippen LogP contribution in [0.15, 0.2) is 73.2 Å². The van der Waals surface area contributed by atoms with Crippen LogP contribution in [-0.2, 0) is 4.79 Å². The van der Waals surface area contributed by atoms with Gasteiger partial charge in [-0.1, -0.05) is 29.7 Å². The molecule has 1 atom stereocenters. The molecule has 2 aromatic carbocycles. The van der Waals surface area contributed by atoms with Crippen molar-refractivity contribution < 1.29 is 14.3 Å². The fourth-order valence-corrected chi connectivity index (χ4v) is 4.44. The largest absolute Gasteiger partial charge is 0.618 e. The number of pyridine rings is 1. The van der Waals surface area contributed by atoms with Crippen LogP contribution >= 0.6 is 11.6 Å². The standard InChI is InChI=1S/C27H24ClN5O3/c1-17(34)19-4-8-22(9-5-19)30-27(35)24(14-18-2-3-18)26-10-6-20(16-33(26)36)23-15-21(28)7-11-25(23)32-13-12-29-31-32/h4-13,15-16,18,24H,2-3,14H2,1H3,(H,30,35). The average Bonchev–Trinajstić information content (AvgIpc) is 3.52. The molecule has 1 amide bonds. The molecule has 182 valence electrons. The maximum absolute atomic E-state index is 13.3. The van der Waals surface area contributed by atoms with Crippen LogP contribution < -0.4 is 10.0 Å². The van der Waals surface area contributed by atoms with Crippen molar-refractivity contribution in [2.45, 2.75) is 32.1 Å². The van der Waals surface area contributed by atoms with E-state index in [9.17, 15) is 14.8 Å². The van der Waals surface area contributed by atoms with Crippen LogP contribution in [-0.4, -0.2) is 26.7 Å². The van der Waals surface area contributed by atoms with E-state index in [0.29, 0.717) is 39.9 Å². The summed E-state index contributed by atoms with van der Waals surface area (Å²) >= 11 is 6.26. The molecule has 8 nitrogen and oxygen atoms in total. The number of Topliss-reactive ketones (excluding diaryl/α,β-unsaturated/α-hetero) is 1. The summed E-state index contributed by atoms with van der Waals surface area (Å²) in [5.74, 6) is -0.474. The summed E-state index contributed by atoms with van der Waals surface area (Å²) in [5.41, 5.74) is 3.63. The normalized spacial score (nSPS) is 13.8. The fourth-order valence-electron chi connectivity index (χ4n) is 4.26. The van der Waals surface area contributed by atoms with Crippen LogP contribution in [0.25, 0.3) is 16.8 Å². The lowest BCUT2D eigenvalue weighted by molar-refractivity contribution is -0.614. The van der Waals surface area contributed by atoms with Crippen molar-refractivity contribution >= 4 is 29.0 Å². The summed E-state index contributed by atoms with van der Waals surface area (Å²) < 4.78 is 2.38. The number of rotatable bonds is 8. The maximum Gasteiger partial charge on any atom is 0.238 e. The van der Waals surface area contributed by atoms with Gasteiger partial charge in [0.15, 0.2) is 12.0 Å². The summed E-state index contributed by atoms with van der Waals surface area (Å²) in [6.07, 6.45) is 7.46. The molecule has 0 saturated heterocycles. The monoisotopic (exact) mass is 501 g/mol. The maximum atomic E-state index is 13.3. The molecule has 36 heavy (non-hydrogen) atoms. The average molecular weight is 502 g/mol. The summed E-state index contributed by atoms with van der Waals surface area (Å²) in [7, 11) is 0. The Morgan fingerprint density at radius 3 is 2.58 bits per heavy atom. The lowest BCUT2D eigenvalue weighted by Gasteiger charge is -2.17. The second-order valence-electron chi connectivity index (χ2n) is 9.03. The highest BCUT2D eigenvalue weighted by atomic mass is 35.5. The number of nitrogens with one attached hydrogen (secondary N) is 1. The number of aromatic nitrogens is 4. The van der Waals surface area contributed by atoms with E-state index in [1.165, 1.54) is 13.1 Å². The summed E-state index contributed by atoms with van der Waals surface area (Å²) in [6.45, 7) is 1.49. The second kappa shape index (κ2) is 9.91. The number of nitrogens with zero attached hydrogens (tertiary/aromatic N) is 4. The Morgan fingerprint density at radius 2 is 1.94 bits per heavy atom. The Hall–Kier alpha value is -4.04. The predicted octanol–water partition coefficient (Wildman–Crippen LogP) is 4.95. The number of benzene rings is 2. The molecule has 4 aromatic rings. The van der Waals surface area contributed by atoms with Crippen LogP contribution in [0, 0.1) is 11.1 Å². The highest BCUT2D eigenvalue weighted by Crippen LogP contribution is 2.39. The van der Waals surface area contributed by atoms with Crippen molar-refractivity contribution in [1.82, 2.24) is 15.0 Å². The minimum Gasteiger partial charge on any atom is -0.618 e. The van der Waals surface area contributed by atoms with Crippen molar-refractivity contribution in [2.24, 2.45) is 5.92 Å². The predicted molar refractivity (Wildman–Crippen MR) is 136 cm³/mol. The molecule has 1 aliphatic carbocycles. The highest BCUT2D eigenvalue weighted by Gasteiger charge is 2.35. The molecule has 1 saturated carbocycles. The van der Waals surface area contributed by atoms with Crippen LogP contribution in [0.2, 0.25) is 5.02 Å². The van der Waals surface area contributed by atoms with Crippen molar-refractivity contribution in [3.63, 3.8) is 0 Å². The van der Waals surface area contributed by atoms with E-state index in [0.717, 1.165) is 28.8 Å². The number of anilines is 1. The number of hydrogen-bond donors (Lipinski definition) is 1. The van der Waals surface area contributed by atoms with Gasteiger partial charge in [0.25, 0.3) is 0 Å². The number of carbonyl (C=O) groups is 2. The Balaban J connectivity index is 1.45. The van der Waals surface area contributed by atoms with Gasteiger partial charge in [-0.2, -0.15) is 4.73 Å². The quantitative estimate of drug-likeness (QED) is 0.209. The van der Waals surface area contributed by atoms with Crippen LogP contribution in [0.3, 0.4) is 0 Å². The van der Waals surface area contributed by atoms with Gasteiger partial charge in [0.1, 0.15) is 5.92 Å². The van der Waals surface area contributed by atoms with Gasteiger partial charge in [-0.25, -0.2) is 4.68 Å². The van der Waals surface area contributed by atoms with Crippen LogP contribution in [0.5, 0.6) is 0 Å².